The molecule has 1 atom stereocenters. The first kappa shape index (κ1) is 28.3. The summed E-state index contributed by atoms with van der Waals surface area (Å²) in [7, 11) is 1.30. The summed E-state index contributed by atoms with van der Waals surface area (Å²) in [5.41, 5.74) is 0.813. The first-order valence-corrected chi connectivity index (χ1v) is 12.5. The molecule has 0 spiro atoms. The van der Waals surface area contributed by atoms with Gasteiger partial charge in [-0.1, -0.05) is 30.3 Å². The Morgan fingerprint density at radius 2 is 1.61 bits per heavy atom. The number of methoxy groups -OCH3 is 1. The van der Waals surface area contributed by atoms with E-state index in [1.807, 2.05) is 30.3 Å². The van der Waals surface area contributed by atoms with Crippen molar-refractivity contribution in [3.63, 3.8) is 0 Å². The van der Waals surface area contributed by atoms with Crippen molar-refractivity contribution in [2.75, 3.05) is 25.5 Å². The number of ether oxygens (including phenoxy) is 3. The van der Waals surface area contributed by atoms with Crippen LogP contribution in [0.5, 0.6) is 0 Å². The highest BCUT2D eigenvalue weighted by Crippen LogP contribution is 2.24. The van der Waals surface area contributed by atoms with E-state index in [1.165, 1.54) is 13.3 Å². The number of thiazole rings is 1. The molecule has 0 aliphatic carbocycles. The molecule has 0 bridgehead atoms. The van der Waals surface area contributed by atoms with E-state index in [-0.39, 0.29) is 25.6 Å². The summed E-state index contributed by atoms with van der Waals surface area (Å²) in [5.74, 6) is -0.211. The first-order chi connectivity index (χ1) is 18.1. The number of aromatic nitrogens is 3. The van der Waals surface area contributed by atoms with Crippen LogP contribution in [0, 0.1) is 0 Å². The van der Waals surface area contributed by atoms with E-state index in [4.69, 9.17) is 14.2 Å². The molecule has 202 valence electrons. The van der Waals surface area contributed by atoms with E-state index in [1.54, 1.807) is 33.2 Å². The third-order valence-corrected chi connectivity index (χ3v) is 5.75. The van der Waals surface area contributed by atoms with Gasteiger partial charge in [-0.05, 0) is 26.3 Å². The number of hydrogen-bond acceptors (Lipinski definition) is 11. The van der Waals surface area contributed by atoms with Gasteiger partial charge in [-0.25, -0.2) is 29.3 Å². The van der Waals surface area contributed by atoms with Gasteiger partial charge in [0.05, 0.1) is 19.3 Å². The van der Waals surface area contributed by atoms with Crippen molar-refractivity contribution in [1.82, 2.24) is 25.6 Å². The van der Waals surface area contributed by atoms with Crippen LogP contribution in [0.15, 0.2) is 48.9 Å². The van der Waals surface area contributed by atoms with E-state index < -0.39 is 29.8 Å². The molecule has 13 heteroatoms. The van der Waals surface area contributed by atoms with Gasteiger partial charge in [-0.2, -0.15) is 0 Å². The number of esters is 1. The standard InChI is InChI=1S/C25H30N6O6S/c1-25(2,3)37-24(34)30-13-18(12-29-23(33)36-15-16-8-6-5-7-9-16)31-22-27-10-17(11-28-22)20-26-14-19(38-20)21(32)35-4/h5-11,14,18H,12-13,15H2,1-4H3,(H,29,33)(H,30,34)(H,27,28,31). The lowest BCUT2D eigenvalue weighted by atomic mass is 10.2. The van der Waals surface area contributed by atoms with Crippen LogP contribution in [-0.2, 0) is 20.8 Å². The van der Waals surface area contributed by atoms with Crippen LogP contribution in [0.3, 0.4) is 0 Å². The number of nitrogens with one attached hydrogen (secondary N) is 3. The summed E-state index contributed by atoms with van der Waals surface area (Å²) in [6.07, 6.45) is 3.32. The van der Waals surface area contributed by atoms with Gasteiger partial charge in [0.15, 0.2) is 0 Å². The van der Waals surface area contributed by atoms with Crippen LogP contribution in [0.25, 0.3) is 10.6 Å². The summed E-state index contributed by atoms with van der Waals surface area (Å²) in [4.78, 5) is 49.2. The lowest BCUT2D eigenvalue weighted by Gasteiger charge is -2.23. The fraction of sp³-hybridized carbons (Fsp3) is 0.360. The zero-order valence-corrected chi connectivity index (χ0v) is 22.3. The summed E-state index contributed by atoms with van der Waals surface area (Å²) in [6.45, 7) is 5.62. The van der Waals surface area contributed by atoms with Crippen LogP contribution < -0.4 is 16.0 Å². The predicted molar refractivity (Wildman–Crippen MR) is 141 cm³/mol. The highest BCUT2D eigenvalue weighted by atomic mass is 32.1. The largest absolute Gasteiger partial charge is 0.465 e. The zero-order valence-electron chi connectivity index (χ0n) is 21.5. The van der Waals surface area contributed by atoms with Gasteiger partial charge in [-0.15, -0.1) is 11.3 Å². The first-order valence-electron chi connectivity index (χ1n) is 11.7. The fourth-order valence-corrected chi connectivity index (χ4v) is 3.78. The van der Waals surface area contributed by atoms with Crippen molar-refractivity contribution in [1.29, 1.82) is 0 Å². The van der Waals surface area contributed by atoms with Gasteiger partial charge in [0.1, 0.15) is 22.1 Å². The molecule has 0 radical (unpaired) electrons. The Labute approximate surface area is 224 Å². The Hall–Kier alpha value is -4.26. The Balaban J connectivity index is 1.61. The lowest BCUT2D eigenvalue weighted by molar-refractivity contribution is 0.0524. The summed E-state index contributed by atoms with van der Waals surface area (Å²) in [5, 5.41) is 8.99. The lowest BCUT2D eigenvalue weighted by Crippen LogP contribution is -2.45. The third kappa shape index (κ3) is 9.32. The van der Waals surface area contributed by atoms with Crippen LogP contribution in [0.1, 0.15) is 36.0 Å². The van der Waals surface area contributed by atoms with Crippen LogP contribution in [0.4, 0.5) is 15.5 Å². The number of carbonyl (C=O) groups excluding carboxylic acids is 3. The number of carbonyl (C=O) groups is 3. The smallest absolute Gasteiger partial charge is 0.407 e. The molecule has 2 amide bonds. The van der Waals surface area contributed by atoms with Gasteiger partial charge in [0.25, 0.3) is 0 Å². The third-order valence-electron chi connectivity index (χ3n) is 4.72. The molecule has 1 unspecified atom stereocenters. The van der Waals surface area contributed by atoms with Crippen LogP contribution in [-0.4, -0.2) is 64.9 Å². The molecule has 3 rings (SSSR count). The average molecular weight is 543 g/mol. The SMILES string of the molecule is COC(=O)c1cnc(-c2cnc(NC(CNC(=O)OCc3ccccc3)CNC(=O)OC(C)(C)C)nc2)s1. The molecule has 38 heavy (non-hydrogen) atoms. The van der Waals surface area contributed by atoms with Crippen molar-refractivity contribution in [2.24, 2.45) is 0 Å². The highest BCUT2D eigenvalue weighted by Gasteiger charge is 2.19. The number of benzene rings is 1. The maximum atomic E-state index is 12.2. The Kier molecular flexibility index (Phi) is 9.93. The number of nitrogens with zero attached hydrogens (tertiary/aromatic N) is 3. The van der Waals surface area contributed by atoms with Gasteiger partial charge in [-0.3, -0.25) is 0 Å². The molecular formula is C25H30N6O6S. The summed E-state index contributed by atoms with van der Waals surface area (Å²) < 4.78 is 15.2. The molecule has 2 aromatic heterocycles. The second kappa shape index (κ2) is 13.3. The second-order valence-electron chi connectivity index (χ2n) is 8.98. The van der Waals surface area contributed by atoms with E-state index in [0.717, 1.165) is 16.9 Å². The highest BCUT2D eigenvalue weighted by molar-refractivity contribution is 7.16. The molecule has 12 nitrogen and oxygen atoms in total. The summed E-state index contributed by atoms with van der Waals surface area (Å²) in [6, 6.07) is 8.80. The molecule has 3 aromatic rings. The topological polar surface area (TPSA) is 154 Å². The van der Waals surface area contributed by atoms with E-state index >= 15 is 0 Å². The number of amides is 2. The molecule has 0 aliphatic heterocycles. The minimum atomic E-state index is -0.658. The Bertz CT molecular complexity index is 1210. The van der Waals surface area contributed by atoms with Gasteiger partial charge >= 0.3 is 18.2 Å². The second-order valence-corrected chi connectivity index (χ2v) is 10.0. The van der Waals surface area contributed by atoms with Crippen molar-refractivity contribution in [3.8, 4) is 10.6 Å². The van der Waals surface area contributed by atoms with E-state index in [0.29, 0.717) is 15.4 Å². The van der Waals surface area contributed by atoms with Crippen LogP contribution in [0.2, 0.25) is 0 Å². The maximum Gasteiger partial charge on any atom is 0.407 e. The quantitative estimate of drug-likeness (QED) is 0.256. The van der Waals surface area contributed by atoms with E-state index in [9.17, 15) is 14.4 Å². The monoisotopic (exact) mass is 542 g/mol. The molecule has 0 saturated carbocycles. The molecule has 1 aromatic carbocycles. The van der Waals surface area contributed by atoms with Gasteiger partial charge in [0, 0.05) is 31.0 Å². The molecule has 2 heterocycles. The normalized spacial score (nSPS) is 11.7. The fourth-order valence-electron chi connectivity index (χ4n) is 2.97. The summed E-state index contributed by atoms with van der Waals surface area (Å²) >= 11 is 1.16. The number of hydrogen-bond donors (Lipinski definition) is 3. The van der Waals surface area contributed by atoms with Crippen molar-refractivity contribution < 1.29 is 28.6 Å². The molecular weight excluding hydrogens is 512 g/mol. The molecule has 3 N–H and O–H groups in total. The number of anilines is 1. The Morgan fingerprint density at radius 3 is 2.24 bits per heavy atom. The molecule has 0 aliphatic rings. The zero-order chi connectivity index (χ0) is 27.5. The predicted octanol–water partition coefficient (Wildman–Crippen LogP) is 3.62. The molecule has 0 saturated heterocycles. The van der Waals surface area contributed by atoms with Crippen molar-refractivity contribution >= 4 is 35.4 Å². The number of rotatable bonds is 10. The number of alkyl carbamates (subject to hydrolysis) is 2. The van der Waals surface area contributed by atoms with Crippen molar-refractivity contribution in [2.45, 2.75) is 39.0 Å². The minimum absolute atomic E-state index is 0.101. The Morgan fingerprint density at radius 1 is 0.947 bits per heavy atom. The average Bonchev–Trinajstić information content (AvgIpc) is 3.39. The van der Waals surface area contributed by atoms with E-state index in [2.05, 4.69) is 30.9 Å². The minimum Gasteiger partial charge on any atom is -0.465 e. The van der Waals surface area contributed by atoms with Gasteiger partial charge in [0.2, 0.25) is 5.95 Å². The maximum absolute atomic E-state index is 12.2. The van der Waals surface area contributed by atoms with Crippen LogP contribution >= 0.6 is 11.3 Å². The van der Waals surface area contributed by atoms with Crippen molar-refractivity contribution in [3.05, 3.63) is 59.4 Å². The molecule has 0 fully saturated rings. The van der Waals surface area contributed by atoms with Gasteiger partial charge < -0.3 is 30.2 Å².